The summed E-state index contributed by atoms with van der Waals surface area (Å²) in [6, 6.07) is 21.5. The first kappa shape index (κ1) is 25.6. The van der Waals surface area contributed by atoms with Crippen LogP contribution in [0.25, 0.3) is 6.08 Å². The van der Waals surface area contributed by atoms with Crippen molar-refractivity contribution in [2.75, 3.05) is 17.2 Å². The molecule has 3 rings (SSSR count). The van der Waals surface area contributed by atoms with Crippen molar-refractivity contribution in [2.45, 2.75) is 19.8 Å². The number of nitriles is 1. The van der Waals surface area contributed by atoms with E-state index in [1.165, 1.54) is 24.3 Å². The zero-order valence-electron chi connectivity index (χ0n) is 19.7. The Bertz CT molecular complexity index is 1330. The SMILES string of the molecule is CC(C)c1ccc(NC(=O)C(C#N)=Cc2cc([N+](=O)[O-])ccc2OCC(=O)Nc2ccccc2)cc1. The number of para-hydroxylation sites is 1. The number of hydrogen-bond donors (Lipinski definition) is 2. The third-order valence-electron chi connectivity index (χ3n) is 5.12. The van der Waals surface area contributed by atoms with E-state index in [1.54, 1.807) is 36.4 Å². The summed E-state index contributed by atoms with van der Waals surface area (Å²) < 4.78 is 5.56. The fraction of sp³-hybridized carbons (Fsp3) is 0.148. The number of benzene rings is 3. The largest absolute Gasteiger partial charge is 0.483 e. The summed E-state index contributed by atoms with van der Waals surface area (Å²) in [6.45, 7) is 3.71. The third kappa shape index (κ3) is 7.01. The van der Waals surface area contributed by atoms with E-state index in [-0.39, 0.29) is 29.2 Å². The molecule has 2 N–H and O–H groups in total. The lowest BCUT2D eigenvalue weighted by Crippen LogP contribution is -2.20. The van der Waals surface area contributed by atoms with Crippen LogP contribution in [0.5, 0.6) is 5.75 Å². The van der Waals surface area contributed by atoms with Crippen LogP contribution in [0.1, 0.15) is 30.9 Å². The van der Waals surface area contributed by atoms with Crippen LogP contribution in [0.3, 0.4) is 0 Å². The van der Waals surface area contributed by atoms with E-state index >= 15 is 0 Å². The number of carbonyl (C=O) groups is 2. The monoisotopic (exact) mass is 484 g/mol. The highest BCUT2D eigenvalue weighted by molar-refractivity contribution is 6.09. The van der Waals surface area contributed by atoms with Crippen LogP contribution in [-0.4, -0.2) is 23.3 Å². The second kappa shape index (κ2) is 11.9. The van der Waals surface area contributed by atoms with Gasteiger partial charge in [-0.3, -0.25) is 19.7 Å². The van der Waals surface area contributed by atoms with Gasteiger partial charge in [0.1, 0.15) is 17.4 Å². The first-order chi connectivity index (χ1) is 17.3. The van der Waals surface area contributed by atoms with Crippen LogP contribution in [0, 0.1) is 21.4 Å². The van der Waals surface area contributed by atoms with Crippen molar-refractivity contribution >= 4 is 35.0 Å². The average Bonchev–Trinajstić information content (AvgIpc) is 2.87. The van der Waals surface area contributed by atoms with Gasteiger partial charge in [-0.1, -0.05) is 44.2 Å². The predicted molar refractivity (Wildman–Crippen MR) is 136 cm³/mol. The summed E-state index contributed by atoms with van der Waals surface area (Å²) in [5.41, 5.74) is 1.74. The smallest absolute Gasteiger partial charge is 0.270 e. The molecule has 3 aromatic rings. The summed E-state index contributed by atoms with van der Waals surface area (Å²) >= 11 is 0. The molecular weight excluding hydrogens is 460 g/mol. The number of ether oxygens (including phenoxy) is 1. The minimum atomic E-state index is -0.686. The molecule has 0 aliphatic heterocycles. The number of nitro benzene ring substituents is 1. The van der Waals surface area contributed by atoms with Crippen molar-refractivity contribution < 1.29 is 19.2 Å². The molecule has 0 aliphatic rings. The number of nitro groups is 1. The highest BCUT2D eigenvalue weighted by atomic mass is 16.6. The normalized spacial score (nSPS) is 10.9. The van der Waals surface area contributed by atoms with E-state index in [2.05, 4.69) is 10.6 Å². The third-order valence-corrected chi connectivity index (χ3v) is 5.12. The zero-order valence-corrected chi connectivity index (χ0v) is 19.7. The van der Waals surface area contributed by atoms with Crippen LogP contribution in [0.15, 0.2) is 78.4 Å². The Balaban J connectivity index is 1.80. The van der Waals surface area contributed by atoms with Gasteiger partial charge >= 0.3 is 0 Å². The highest BCUT2D eigenvalue weighted by Crippen LogP contribution is 2.27. The molecule has 0 aliphatic carbocycles. The van der Waals surface area contributed by atoms with Gasteiger partial charge in [0.25, 0.3) is 17.5 Å². The van der Waals surface area contributed by atoms with Crippen molar-refractivity contribution in [3.63, 3.8) is 0 Å². The molecule has 36 heavy (non-hydrogen) atoms. The molecule has 0 unspecified atom stereocenters. The highest BCUT2D eigenvalue weighted by Gasteiger charge is 2.16. The molecule has 0 saturated heterocycles. The Morgan fingerprint density at radius 3 is 2.31 bits per heavy atom. The number of hydrogen-bond acceptors (Lipinski definition) is 6. The first-order valence-electron chi connectivity index (χ1n) is 11.1. The van der Waals surface area contributed by atoms with Gasteiger partial charge in [0.15, 0.2) is 6.61 Å². The topological polar surface area (TPSA) is 134 Å². The molecule has 2 amide bonds. The van der Waals surface area contributed by atoms with Gasteiger partial charge in [-0.2, -0.15) is 5.26 Å². The minimum absolute atomic E-state index is 0.102. The van der Waals surface area contributed by atoms with Gasteiger partial charge in [0.05, 0.1) is 4.92 Å². The molecule has 0 atom stereocenters. The van der Waals surface area contributed by atoms with E-state index in [0.29, 0.717) is 17.3 Å². The summed E-state index contributed by atoms with van der Waals surface area (Å²) in [7, 11) is 0. The van der Waals surface area contributed by atoms with Crippen molar-refractivity contribution in [3.05, 3.63) is 99.6 Å². The number of rotatable bonds is 9. The van der Waals surface area contributed by atoms with Crippen LogP contribution in [0.2, 0.25) is 0 Å². The molecule has 0 bridgehead atoms. The molecular formula is C27H24N4O5. The van der Waals surface area contributed by atoms with E-state index in [4.69, 9.17) is 4.74 Å². The molecule has 9 nitrogen and oxygen atoms in total. The molecule has 0 aromatic heterocycles. The number of nitrogens with one attached hydrogen (secondary N) is 2. The Hall–Kier alpha value is -4.97. The van der Waals surface area contributed by atoms with E-state index < -0.39 is 16.7 Å². The quantitative estimate of drug-likeness (QED) is 0.184. The van der Waals surface area contributed by atoms with Gasteiger partial charge in [0.2, 0.25) is 0 Å². The molecule has 0 saturated carbocycles. The van der Waals surface area contributed by atoms with Gasteiger partial charge in [-0.15, -0.1) is 0 Å². The van der Waals surface area contributed by atoms with Crippen LogP contribution in [0.4, 0.5) is 17.1 Å². The van der Waals surface area contributed by atoms with Crippen LogP contribution >= 0.6 is 0 Å². The molecule has 182 valence electrons. The molecule has 0 spiro atoms. The van der Waals surface area contributed by atoms with Crippen molar-refractivity contribution in [1.82, 2.24) is 0 Å². The van der Waals surface area contributed by atoms with Gasteiger partial charge in [-0.05, 0) is 47.9 Å². The van der Waals surface area contributed by atoms with E-state index in [1.807, 2.05) is 38.1 Å². The van der Waals surface area contributed by atoms with Crippen LogP contribution < -0.4 is 15.4 Å². The van der Waals surface area contributed by atoms with E-state index in [9.17, 15) is 25.0 Å². The Kier molecular flexibility index (Phi) is 8.51. The molecule has 0 fully saturated rings. The Morgan fingerprint density at radius 2 is 1.69 bits per heavy atom. The summed E-state index contributed by atoms with van der Waals surface area (Å²) in [5.74, 6) is -0.705. The second-order valence-corrected chi connectivity index (χ2v) is 8.08. The Labute approximate surface area is 208 Å². The minimum Gasteiger partial charge on any atom is -0.483 e. The predicted octanol–water partition coefficient (Wildman–Crippen LogP) is 5.28. The number of non-ortho nitro benzene ring substituents is 1. The molecule has 0 radical (unpaired) electrons. The van der Waals surface area contributed by atoms with Crippen molar-refractivity contribution in [2.24, 2.45) is 0 Å². The maximum absolute atomic E-state index is 12.7. The van der Waals surface area contributed by atoms with Gasteiger partial charge < -0.3 is 15.4 Å². The first-order valence-corrected chi connectivity index (χ1v) is 11.1. The van der Waals surface area contributed by atoms with Crippen molar-refractivity contribution in [1.29, 1.82) is 5.26 Å². The second-order valence-electron chi connectivity index (χ2n) is 8.08. The van der Waals surface area contributed by atoms with E-state index in [0.717, 1.165) is 5.56 Å². The lowest BCUT2D eigenvalue weighted by Gasteiger charge is -2.11. The fourth-order valence-electron chi connectivity index (χ4n) is 3.21. The molecule has 0 heterocycles. The maximum atomic E-state index is 12.7. The fourth-order valence-corrected chi connectivity index (χ4v) is 3.21. The number of amides is 2. The standard InChI is InChI=1S/C27H24N4O5/c1-18(2)19-8-10-23(11-9-19)30-27(33)21(16-28)14-20-15-24(31(34)35)12-13-25(20)36-17-26(32)29-22-6-4-3-5-7-22/h3-15,18H,17H2,1-2H3,(H,29,32)(H,30,33). The zero-order chi connectivity index (χ0) is 26.1. The summed E-state index contributed by atoms with van der Waals surface area (Å²) in [4.78, 5) is 35.6. The van der Waals surface area contributed by atoms with Crippen molar-refractivity contribution in [3.8, 4) is 11.8 Å². The average molecular weight is 485 g/mol. The maximum Gasteiger partial charge on any atom is 0.270 e. The number of anilines is 2. The lowest BCUT2D eigenvalue weighted by atomic mass is 10.0. The van der Waals surface area contributed by atoms with Gasteiger partial charge in [0, 0.05) is 29.1 Å². The Morgan fingerprint density at radius 1 is 1.03 bits per heavy atom. The lowest BCUT2D eigenvalue weighted by molar-refractivity contribution is -0.384. The summed E-state index contributed by atoms with van der Waals surface area (Å²) in [6.07, 6.45) is 1.19. The van der Waals surface area contributed by atoms with Gasteiger partial charge in [-0.25, -0.2) is 0 Å². The summed E-state index contributed by atoms with van der Waals surface area (Å²) in [5, 5.41) is 26.2. The molecule has 3 aromatic carbocycles. The molecule has 9 heteroatoms. The number of nitrogens with zero attached hydrogens (tertiary/aromatic N) is 2. The van der Waals surface area contributed by atoms with Crippen LogP contribution in [-0.2, 0) is 9.59 Å². The number of carbonyl (C=O) groups excluding carboxylic acids is 2.